The third kappa shape index (κ3) is 2.03. The maximum atomic E-state index is 2.32. The Morgan fingerprint density at radius 2 is 1.92 bits per heavy atom. The predicted molar refractivity (Wildman–Crippen MR) is 59.5 cm³/mol. The minimum atomic E-state index is 1.18. The summed E-state index contributed by atoms with van der Waals surface area (Å²) in [5.41, 5.74) is 4.28. The molecule has 0 N–H and O–H groups in total. The topological polar surface area (TPSA) is 3.24 Å². The zero-order valence-corrected chi connectivity index (χ0v) is 9.09. The molecule has 0 radical (unpaired) electrons. The maximum absolute atomic E-state index is 2.32. The summed E-state index contributed by atoms with van der Waals surface area (Å²) >= 11 is 0. The second-order valence-electron chi connectivity index (χ2n) is 3.30. The van der Waals surface area contributed by atoms with Crippen molar-refractivity contribution in [1.29, 1.82) is 0 Å². The van der Waals surface area contributed by atoms with Crippen molar-refractivity contribution in [2.45, 2.75) is 27.2 Å². The standard InChI is InChI=1S/C10H13N.C2H6/c1-8-3-4-9-5-6-11(2)10(9)7-8;1-2/h3-4,7H,5-6H2,1-2H3;1-2H3. The van der Waals surface area contributed by atoms with Gasteiger partial charge < -0.3 is 4.90 Å². The molecular formula is C12H19N. The number of aryl methyl sites for hydroxylation is 1. The molecule has 1 aliphatic rings. The number of hydrogen-bond donors (Lipinski definition) is 0. The number of rotatable bonds is 0. The lowest BCUT2D eigenvalue weighted by molar-refractivity contribution is 0.956. The van der Waals surface area contributed by atoms with Gasteiger partial charge in [-0.25, -0.2) is 0 Å². The van der Waals surface area contributed by atoms with E-state index in [1.165, 1.54) is 29.8 Å². The highest BCUT2D eigenvalue weighted by atomic mass is 15.1. The monoisotopic (exact) mass is 177 g/mol. The first-order chi connectivity index (χ1) is 6.27. The average molecular weight is 177 g/mol. The number of nitrogens with zero attached hydrogens (tertiary/aromatic N) is 1. The summed E-state index contributed by atoms with van der Waals surface area (Å²) < 4.78 is 0. The van der Waals surface area contributed by atoms with Gasteiger partial charge in [-0.2, -0.15) is 0 Å². The summed E-state index contributed by atoms with van der Waals surface area (Å²) in [5, 5.41) is 0. The van der Waals surface area contributed by atoms with Crippen LogP contribution >= 0.6 is 0 Å². The lowest BCUT2D eigenvalue weighted by atomic mass is 10.1. The minimum absolute atomic E-state index is 1.18. The van der Waals surface area contributed by atoms with Crippen LogP contribution < -0.4 is 4.90 Å². The lowest BCUT2D eigenvalue weighted by Crippen LogP contribution is -2.12. The van der Waals surface area contributed by atoms with Crippen molar-refractivity contribution >= 4 is 5.69 Å². The molecule has 2 rings (SSSR count). The van der Waals surface area contributed by atoms with Crippen LogP contribution in [0.1, 0.15) is 25.0 Å². The minimum Gasteiger partial charge on any atom is -0.374 e. The van der Waals surface area contributed by atoms with E-state index < -0.39 is 0 Å². The van der Waals surface area contributed by atoms with Crippen LogP contribution in [0.4, 0.5) is 5.69 Å². The third-order valence-corrected chi connectivity index (χ3v) is 2.37. The Bertz CT molecular complexity index is 278. The Morgan fingerprint density at radius 3 is 2.62 bits per heavy atom. The van der Waals surface area contributed by atoms with Gasteiger partial charge in [0.15, 0.2) is 0 Å². The average Bonchev–Trinajstić information content (AvgIpc) is 2.52. The molecule has 72 valence electrons. The fourth-order valence-electron chi connectivity index (χ4n) is 1.65. The summed E-state index contributed by atoms with van der Waals surface area (Å²) in [7, 11) is 2.16. The molecule has 1 aromatic carbocycles. The molecule has 0 saturated carbocycles. The van der Waals surface area contributed by atoms with Gasteiger partial charge in [-0.3, -0.25) is 0 Å². The zero-order chi connectivity index (χ0) is 9.84. The molecule has 0 amide bonds. The summed E-state index contributed by atoms with van der Waals surface area (Å²) in [6.45, 7) is 7.32. The molecule has 0 atom stereocenters. The van der Waals surface area contributed by atoms with Crippen LogP contribution in [-0.4, -0.2) is 13.6 Å². The van der Waals surface area contributed by atoms with E-state index in [-0.39, 0.29) is 0 Å². The first-order valence-corrected chi connectivity index (χ1v) is 5.08. The van der Waals surface area contributed by atoms with Crippen LogP contribution in [0.15, 0.2) is 18.2 Å². The Hall–Kier alpha value is -0.980. The molecule has 1 aromatic rings. The first kappa shape index (κ1) is 10.1. The number of benzene rings is 1. The SMILES string of the molecule is CC.Cc1ccc2c(c1)N(C)CC2. The molecule has 0 saturated heterocycles. The van der Waals surface area contributed by atoms with Crippen molar-refractivity contribution < 1.29 is 0 Å². The van der Waals surface area contributed by atoms with Crippen molar-refractivity contribution in [2.75, 3.05) is 18.5 Å². The number of hydrogen-bond acceptors (Lipinski definition) is 1. The van der Waals surface area contributed by atoms with Gasteiger partial charge in [0.05, 0.1) is 0 Å². The highest BCUT2D eigenvalue weighted by Gasteiger charge is 2.14. The molecule has 1 heteroatoms. The van der Waals surface area contributed by atoms with E-state index in [9.17, 15) is 0 Å². The van der Waals surface area contributed by atoms with Crippen molar-refractivity contribution in [3.05, 3.63) is 29.3 Å². The van der Waals surface area contributed by atoms with Crippen molar-refractivity contribution in [2.24, 2.45) is 0 Å². The van der Waals surface area contributed by atoms with Gasteiger partial charge in [0, 0.05) is 19.3 Å². The van der Waals surface area contributed by atoms with Gasteiger partial charge in [-0.15, -0.1) is 0 Å². The van der Waals surface area contributed by atoms with Crippen LogP contribution in [0.2, 0.25) is 0 Å². The predicted octanol–water partition coefficient (Wildman–Crippen LogP) is 3.01. The van der Waals surface area contributed by atoms with Crippen LogP contribution in [0.5, 0.6) is 0 Å². The first-order valence-electron chi connectivity index (χ1n) is 5.08. The van der Waals surface area contributed by atoms with Crippen molar-refractivity contribution in [1.82, 2.24) is 0 Å². The normalized spacial score (nSPS) is 13.4. The molecule has 1 nitrogen and oxygen atoms in total. The maximum Gasteiger partial charge on any atom is 0.0399 e. The molecule has 0 bridgehead atoms. The third-order valence-electron chi connectivity index (χ3n) is 2.37. The molecule has 0 unspecified atom stereocenters. The van der Waals surface area contributed by atoms with Crippen molar-refractivity contribution in [3.63, 3.8) is 0 Å². The Morgan fingerprint density at radius 1 is 1.23 bits per heavy atom. The largest absolute Gasteiger partial charge is 0.374 e. The molecule has 0 aliphatic carbocycles. The van der Waals surface area contributed by atoms with Gasteiger partial charge in [-0.1, -0.05) is 26.0 Å². The summed E-state index contributed by atoms with van der Waals surface area (Å²) in [6, 6.07) is 6.70. The van der Waals surface area contributed by atoms with E-state index in [1.807, 2.05) is 13.8 Å². The fourth-order valence-corrected chi connectivity index (χ4v) is 1.65. The van der Waals surface area contributed by atoms with Crippen LogP contribution in [0.25, 0.3) is 0 Å². The van der Waals surface area contributed by atoms with Crippen molar-refractivity contribution in [3.8, 4) is 0 Å². The van der Waals surface area contributed by atoms with E-state index in [1.54, 1.807) is 0 Å². The van der Waals surface area contributed by atoms with Gasteiger partial charge in [0.2, 0.25) is 0 Å². The van der Waals surface area contributed by atoms with Crippen LogP contribution in [0, 0.1) is 6.92 Å². The molecule has 0 aromatic heterocycles. The summed E-state index contributed by atoms with van der Waals surface area (Å²) in [5.74, 6) is 0. The van der Waals surface area contributed by atoms with E-state index in [0.29, 0.717) is 0 Å². The van der Waals surface area contributed by atoms with Gasteiger partial charge >= 0.3 is 0 Å². The lowest BCUT2D eigenvalue weighted by Gasteiger charge is -2.11. The zero-order valence-electron chi connectivity index (χ0n) is 9.09. The fraction of sp³-hybridized carbons (Fsp3) is 0.500. The van der Waals surface area contributed by atoms with Crippen LogP contribution in [0.3, 0.4) is 0 Å². The highest BCUT2D eigenvalue weighted by Crippen LogP contribution is 2.26. The summed E-state index contributed by atoms with van der Waals surface area (Å²) in [6.07, 6.45) is 1.21. The van der Waals surface area contributed by atoms with Gasteiger partial charge in [0.1, 0.15) is 0 Å². The second-order valence-corrected chi connectivity index (χ2v) is 3.30. The Kier molecular flexibility index (Phi) is 3.35. The Labute approximate surface area is 81.4 Å². The molecule has 0 fully saturated rings. The van der Waals surface area contributed by atoms with Crippen LogP contribution in [-0.2, 0) is 6.42 Å². The number of anilines is 1. The van der Waals surface area contributed by atoms with Gasteiger partial charge in [-0.05, 0) is 30.5 Å². The highest BCUT2D eigenvalue weighted by molar-refractivity contribution is 5.58. The molecule has 13 heavy (non-hydrogen) atoms. The van der Waals surface area contributed by atoms with E-state index in [0.717, 1.165) is 0 Å². The van der Waals surface area contributed by atoms with E-state index in [2.05, 4.69) is 37.1 Å². The van der Waals surface area contributed by atoms with E-state index in [4.69, 9.17) is 0 Å². The summed E-state index contributed by atoms with van der Waals surface area (Å²) in [4.78, 5) is 2.32. The second kappa shape index (κ2) is 4.31. The molecule has 0 spiro atoms. The molecule has 1 heterocycles. The number of likely N-dealkylation sites (N-methyl/N-ethyl adjacent to an activating group) is 1. The Balaban J connectivity index is 0.000000396. The van der Waals surface area contributed by atoms with E-state index >= 15 is 0 Å². The quantitative estimate of drug-likeness (QED) is 0.589. The smallest absolute Gasteiger partial charge is 0.0399 e. The van der Waals surface area contributed by atoms with Gasteiger partial charge in [0.25, 0.3) is 0 Å². The molecular weight excluding hydrogens is 158 g/mol. The molecule has 1 aliphatic heterocycles. The number of fused-ring (bicyclic) bond motifs is 1.